The number of nitrogens with zero attached hydrogens (tertiary/aromatic N) is 3. The molecule has 0 bridgehead atoms. The average molecular weight is 377 g/mol. The third-order valence-corrected chi connectivity index (χ3v) is 4.07. The molecule has 0 atom stereocenters. The van der Waals surface area contributed by atoms with Gasteiger partial charge in [0.1, 0.15) is 11.4 Å². The number of fused-ring (bicyclic) bond motifs is 1. The summed E-state index contributed by atoms with van der Waals surface area (Å²) in [6.45, 7) is 3.91. The first-order valence-electron chi connectivity index (χ1n) is 8.14. The van der Waals surface area contributed by atoms with Crippen LogP contribution in [0.2, 0.25) is 0 Å². The summed E-state index contributed by atoms with van der Waals surface area (Å²) in [7, 11) is 3.01. The van der Waals surface area contributed by atoms with Gasteiger partial charge in [0.05, 0.1) is 23.3 Å². The predicted molar refractivity (Wildman–Crippen MR) is 96.7 cm³/mol. The summed E-state index contributed by atoms with van der Waals surface area (Å²) in [6.07, 6.45) is 0.952. The van der Waals surface area contributed by atoms with Gasteiger partial charge in [-0.05, 0) is 19.9 Å². The number of benzene rings is 1. The van der Waals surface area contributed by atoms with E-state index < -0.39 is 29.1 Å². The summed E-state index contributed by atoms with van der Waals surface area (Å²) < 4.78 is 22.1. The van der Waals surface area contributed by atoms with Crippen molar-refractivity contribution in [3.63, 3.8) is 0 Å². The minimum absolute atomic E-state index is 0.0377. The summed E-state index contributed by atoms with van der Waals surface area (Å²) in [5.41, 5.74) is -0.220. The number of imidazole rings is 1. The number of ether oxygens (including phenoxy) is 1. The Morgan fingerprint density at radius 2 is 1.70 bits per heavy atom. The number of hydrogen-bond donors (Lipinski definition) is 0. The first-order valence-corrected chi connectivity index (χ1v) is 8.14. The van der Waals surface area contributed by atoms with Crippen molar-refractivity contribution in [1.82, 2.24) is 9.13 Å². The Bertz CT molecular complexity index is 1030. The lowest BCUT2D eigenvalue weighted by Gasteiger charge is -2.19. The van der Waals surface area contributed by atoms with Gasteiger partial charge in [0.25, 0.3) is 0 Å². The topological polar surface area (TPSA) is 90.6 Å². The van der Waals surface area contributed by atoms with E-state index in [-0.39, 0.29) is 18.0 Å². The van der Waals surface area contributed by atoms with E-state index in [1.54, 1.807) is 6.92 Å². The highest BCUT2D eigenvalue weighted by atomic mass is 19.1. The summed E-state index contributed by atoms with van der Waals surface area (Å²) in [5.74, 6) is -2.96. The van der Waals surface area contributed by atoms with E-state index in [9.17, 15) is 23.6 Å². The molecule has 144 valence electrons. The number of rotatable bonds is 5. The van der Waals surface area contributed by atoms with Crippen molar-refractivity contribution in [3.05, 3.63) is 40.2 Å². The number of esters is 1. The second-order valence-corrected chi connectivity index (χ2v) is 5.90. The van der Waals surface area contributed by atoms with E-state index in [0.717, 1.165) is 31.0 Å². The number of carbonyl (C=O) groups excluding carboxylic acids is 3. The van der Waals surface area contributed by atoms with Crippen molar-refractivity contribution >= 4 is 34.4 Å². The number of aryl methyl sites for hydroxylation is 2. The van der Waals surface area contributed by atoms with Gasteiger partial charge in [-0.15, -0.1) is 0 Å². The van der Waals surface area contributed by atoms with E-state index in [2.05, 4.69) is 0 Å². The molecule has 0 spiro atoms. The van der Waals surface area contributed by atoms with Crippen LogP contribution < -0.4 is 10.6 Å². The quantitative estimate of drug-likeness (QED) is 0.340. The Hall–Kier alpha value is -3.23. The van der Waals surface area contributed by atoms with Crippen LogP contribution in [0, 0.1) is 5.82 Å². The molecule has 1 aromatic heterocycles. The maximum Gasteiger partial charge on any atom is 0.343 e. The van der Waals surface area contributed by atoms with Crippen LogP contribution in [-0.2, 0) is 33.2 Å². The van der Waals surface area contributed by atoms with Crippen molar-refractivity contribution in [2.45, 2.75) is 20.8 Å². The third-order valence-electron chi connectivity index (χ3n) is 4.07. The van der Waals surface area contributed by atoms with Crippen molar-refractivity contribution in [3.8, 4) is 0 Å². The molecule has 0 radical (unpaired) electrons. The fraction of sp³-hybridized carbons (Fsp3) is 0.333. The van der Waals surface area contributed by atoms with Crippen LogP contribution in [0.15, 0.2) is 28.7 Å². The first kappa shape index (κ1) is 20.1. The Labute approximate surface area is 154 Å². The fourth-order valence-electron chi connectivity index (χ4n) is 2.65. The maximum atomic E-state index is 14.7. The molecular formula is C18H20FN3O5. The number of anilines is 1. The van der Waals surface area contributed by atoms with Gasteiger partial charge in [0, 0.05) is 33.3 Å². The summed E-state index contributed by atoms with van der Waals surface area (Å²) in [4.78, 5) is 48.8. The summed E-state index contributed by atoms with van der Waals surface area (Å²) in [6, 6.07) is 2.43. The number of halogens is 1. The molecule has 1 aromatic carbocycles. The summed E-state index contributed by atoms with van der Waals surface area (Å²) >= 11 is 0. The number of amides is 1. The van der Waals surface area contributed by atoms with Crippen LogP contribution in [0.3, 0.4) is 0 Å². The molecule has 0 aliphatic carbocycles. The highest BCUT2D eigenvalue weighted by Crippen LogP contribution is 2.26. The van der Waals surface area contributed by atoms with Crippen molar-refractivity contribution < 1.29 is 23.5 Å². The van der Waals surface area contributed by atoms with E-state index in [1.165, 1.54) is 29.3 Å². The number of aromatic nitrogens is 2. The van der Waals surface area contributed by atoms with E-state index in [0.29, 0.717) is 11.0 Å². The van der Waals surface area contributed by atoms with Crippen LogP contribution in [0.4, 0.5) is 10.1 Å². The van der Waals surface area contributed by atoms with Crippen LogP contribution in [0.25, 0.3) is 11.0 Å². The van der Waals surface area contributed by atoms with Crippen LogP contribution in [-0.4, -0.2) is 33.4 Å². The molecule has 2 rings (SSSR count). The van der Waals surface area contributed by atoms with E-state index in [1.807, 2.05) is 0 Å². The Morgan fingerprint density at radius 1 is 1.15 bits per heavy atom. The average Bonchev–Trinajstić information content (AvgIpc) is 2.79. The highest BCUT2D eigenvalue weighted by Gasteiger charge is 2.23. The maximum absolute atomic E-state index is 14.7. The number of carbonyl (C=O) groups is 3. The molecule has 0 aliphatic heterocycles. The molecule has 8 nitrogen and oxygen atoms in total. The molecule has 1 amide bonds. The Kier molecular flexibility index (Phi) is 5.63. The zero-order valence-corrected chi connectivity index (χ0v) is 15.7. The second-order valence-electron chi connectivity index (χ2n) is 5.90. The largest absolute Gasteiger partial charge is 0.462 e. The lowest BCUT2D eigenvalue weighted by molar-refractivity contribution is -0.139. The fourth-order valence-corrected chi connectivity index (χ4v) is 2.65. The van der Waals surface area contributed by atoms with Gasteiger partial charge in [-0.1, -0.05) is 0 Å². The number of ketones is 1. The van der Waals surface area contributed by atoms with Crippen molar-refractivity contribution in [1.29, 1.82) is 0 Å². The number of Topliss-reactive ketones (excluding diaryl/α,β-unsaturated/α-hetero) is 1. The van der Waals surface area contributed by atoms with E-state index >= 15 is 0 Å². The van der Waals surface area contributed by atoms with Gasteiger partial charge >= 0.3 is 11.7 Å². The monoisotopic (exact) mass is 377 g/mol. The molecule has 0 saturated carbocycles. The summed E-state index contributed by atoms with van der Waals surface area (Å²) in [5, 5.41) is 0. The zero-order chi connectivity index (χ0) is 20.5. The van der Waals surface area contributed by atoms with Gasteiger partial charge in [-0.25, -0.2) is 14.0 Å². The molecule has 27 heavy (non-hydrogen) atoms. The minimum atomic E-state index is -0.912. The third kappa shape index (κ3) is 3.67. The smallest absolute Gasteiger partial charge is 0.343 e. The molecule has 1 heterocycles. The molecule has 2 aromatic rings. The molecule has 0 fully saturated rings. The van der Waals surface area contributed by atoms with Crippen LogP contribution >= 0.6 is 0 Å². The normalized spacial score (nSPS) is 11.6. The van der Waals surface area contributed by atoms with Crippen LogP contribution in [0.1, 0.15) is 20.8 Å². The van der Waals surface area contributed by atoms with E-state index in [4.69, 9.17) is 4.74 Å². The van der Waals surface area contributed by atoms with Crippen molar-refractivity contribution in [2.24, 2.45) is 14.1 Å². The Morgan fingerprint density at radius 3 is 2.19 bits per heavy atom. The van der Waals surface area contributed by atoms with Gasteiger partial charge in [0.15, 0.2) is 5.78 Å². The molecule has 0 aliphatic rings. The zero-order valence-electron chi connectivity index (χ0n) is 15.7. The molecule has 9 heteroatoms. The number of hydrogen-bond acceptors (Lipinski definition) is 5. The standard InChI is InChI=1S/C18H20FN3O5/c1-6-27-17(25)12(10(2)23)9-22(11(3)24)14-8-16-15(7-13(14)19)20(4)18(26)21(16)5/h7-9H,6H2,1-5H3/b12-9+. The van der Waals surface area contributed by atoms with Gasteiger partial charge in [0.2, 0.25) is 5.91 Å². The second kappa shape index (κ2) is 7.56. The lowest BCUT2D eigenvalue weighted by atomic mass is 10.2. The highest BCUT2D eigenvalue weighted by molar-refractivity contribution is 6.17. The molecule has 0 saturated heterocycles. The van der Waals surface area contributed by atoms with Gasteiger partial charge in [-0.3, -0.25) is 23.6 Å². The molecule has 0 unspecified atom stereocenters. The Balaban J connectivity index is 2.71. The molecular weight excluding hydrogens is 357 g/mol. The SMILES string of the molecule is CCOC(=O)/C(=C/N(C(C)=O)c1cc2c(cc1F)n(C)c(=O)n2C)C(C)=O. The lowest BCUT2D eigenvalue weighted by Crippen LogP contribution is -2.27. The van der Waals surface area contributed by atoms with Crippen LogP contribution in [0.5, 0.6) is 0 Å². The van der Waals surface area contributed by atoms with Gasteiger partial charge in [-0.2, -0.15) is 0 Å². The predicted octanol–water partition coefficient (Wildman–Crippen LogP) is 1.41. The molecule has 0 N–H and O–H groups in total. The van der Waals surface area contributed by atoms with Crippen molar-refractivity contribution in [2.75, 3.05) is 11.5 Å². The first-order chi connectivity index (χ1) is 12.6. The van der Waals surface area contributed by atoms with Gasteiger partial charge < -0.3 is 4.74 Å². The minimum Gasteiger partial charge on any atom is -0.462 e.